The van der Waals surface area contributed by atoms with Crippen LogP contribution in [0.3, 0.4) is 0 Å². The second kappa shape index (κ2) is 12.3. The fraction of sp³-hybridized carbons (Fsp3) is 0.889. The maximum absolute atomic E-state index is 9.57. The van der Waals surface area contributed by atoms with E-state index in [2.05, 4.69) is 0 Å². The Kier molecular flexibility index (Phi) is 13.9. The van der Waals surface area contributed by atoms with E-state index in [0.717, 1.165) is 25.7 Å². The van der Waals surface area contributed by atoms with E-state index in [0.29, 0.717) is 0 Å². The SMILES string of the molecule is C[C@H](N)C(=O)O.OCCCCCCO. The smallest absolute Gasteiger partial charge is 0.320 e. The van der Waals surface area contributed by atoms with E-state index in [1.54, 1.807) is 0 Å². The fourth-order valence-corrected chi connectivity index (χ4v) is 0.577. The summed E-state index contributed by atoms with van der Waals surface area (Å²) in [5, 5.41) is 24.5. The lowest BCUT2D eigenvalue weighted by molar-refractivity contribution is -0.138. The van der Waals surface area contributed by atoms with E-state index in [-0.39, 0.29) is 13.2 Å². The molecule has 0 rings (SSSR count). The van der Waals surface area contributed by atoms with Crippen LogP contribution >= 0.6 is 0 Å². The number of hydrogen-bond donors (Lipinski definition) is 4. The molecule has 0 heterocycles. The molecular weight excluding hydrogens is 186 g/mol. The fourth-order valence-electron chi connectivity index (χ4n) is 0.577. The number of nitrogens with two attached hydrogens (primary N) is 1. The molecule has 1 atom stereocenters. The number of carboxylic acid groups (broad SMARTS) is 1. The Hall–Kier alpha value is -0.650. The van der Waals surface area contributed by atoms with Gasteiger partial charge in [-0.05, 0) is 19.8 Å². The Balaban J connectivity index is 0. The van der Waals surface area contributed by atoms with Gasteiger partial charge in [-0.15, -0.1) is 0 Å². The van der Waals surface area contributed by atoms with Crippen molar-refractivity contribution in [3.8, 4) is 0 Å². The van der Waals surface area contributed by atoms with Crippen LogP contribution in [0, 0.1) is 0 Å². The molecule has 0 bridgehead atoms. The molecule has 14 heavy (non-hydrogen) atoms. The predicted octanol–water partition coefficient (Wildman–Crippen LogP) is -0.0504. The van der Waals surface area contributed by atoms with Crippen molar-refractivity contribution in [1.29, 1.82) is 0 Å². The van der Waals surface area contributed by atoms with Crippen molar-refractivity contribution < 1.29 is 20.1 Å². The lowest BCUT2D eigenvalue weighted by atomic mass is 10.2. The molecule has 86 valence electrons. The second-order valence-electron chi connectivity index (χ2n) is 2.99. The second-order valence-corrected chi connectivity index (χ2v) is 2.99. The number of aliphatic carboxylic acids is 1. The Morgan fingerprint density at radius 3 is 1.57 bits per heavy atom. The van der Waals surface area contributed by atoms with Gasteiger partial charge in [-0.3, -0.25) is 4.79 Å². The molecule has 5 nitrogen and oxygen atoms in total. The first-order valence-electron chi connectivity index (χ1n) is 4.76. The maximum Gasteiger partial charge on any atom is 0.320 e. The maximum atomic E-state index is 9.57. The average Bonchev–Trinajstić information content (AvgIpc) is 2.13. The van der Waals surface area contributed by atoms with Crippen LogP contribution in [0.4, 0.5) is 0 Å². The van der Waals surface area contributed by atoms with Gasteiger partial charge in [-0.2, -0.15) is 0 Å². The van der Waals surface area contributed by atoms with Gasteiger partial charge in [0.25, 0.3) is 0 Å². The van der Waals surface area contributed by atoms with Gasteiger partial charge in [0.2, 0.25) is 0 Å². The molecule has 0 aliphatic rings. The van der Waals surface area contributed by atoms with Crippen LogP contribution in [0.15, 0.2) is 0 Å². The molecule has 0 aliphatic carbocycles. The molecule has 0 unspecified atom stereocenters. The average molecular weight is 207 g/mol. The van der Waals surface area contributed by atoms with Crippen LogP contribution in [0.5, 0.6) is 0 Å². The van der Waals surface area contributed by atoms with Crippen molar-refractivity contribution in [3.63, 3.8) is 0 Å². The van der Waals surface area contributed by atoms with Crippen LogP contribution in [0.2, 0.25) is 0 Å². The number of rotatable bonds is 6. The van der Waals surface area contributed by atoms with Gasteiger partial charge in [-0.25, -0.2) is 0 Å². The summed E-state index contributed by atoms with van der Waals surface area (Å²) in [6, 6.07) is -0.731. The van der Waals surface area contributed by atoms with E-state index >= 15 is 0 Å². The predicted molar refractivity (Wildman–Crippen MR) is 53.9 cm³/mol. The number of aliphatic hydroxyl groups is 2. The van der Waals surface area contributed by atoms with Crippen molar-refractivity contribution in [2.24, 2.45) is 5.73 Å². The van der Waals surface area contributed by atoms with E-state index in [1.807, 2.05) is 0 Å². The summed E-state index contributed by atoms with van der Waals surface area (Å²) in [5.41, 5.74) is 4.84. The van der Waals surface area contributed by atoms with E-state index in [9.17, 15) is 4.79 Å². The molecule has 0 fully saturated rings. The summed E-state index contributed by atoms with van der Waals surface area (Å²) in [6.45, 7) is 1.99. The summed E-state index contributed by atoms with van der Waals surface area (Å²) in [5.74, 6) is -0.963. The molecule has 0 aliphatic heterocycles. The minimum Gasteiger partial charge on any atom is -0.480 e. The minimum absolute atomic E-state index is 0.283. The highest BCUT2D eigenvalue weighted by atomic mass is 16.4. The molecule has 5 N–H and O–H groups in total. The third-order valence-electron chi connectivity index (χ3n) is 1.46. The van der Waals surface area contributed by atoms with Crippen LogP contribution in [-0.4, -0.2) is 40.5 Å². The summed E-state index contributed by atoms with van der Waals surface area (Å²) < 4.78 is 0. The lowest BCUT2D eigenvalue weighted by Gasteiger charge is -1.93. The summed E-state index contributed by atoms with van der Waals surface area (Å²) >= 11 is 0. The Morgan fingerprint density at radius 1 is 1.14 bits per heavy atom. The van der Waals surface area contributed by atoms with Gasteiger partial charge in [-0.1, -0.05) is 12.8 Å². The molecule has 0 aromatic carbocycles. The molecule has 0 aromatic heterocycles. The van der Waals surface area contributed by atoms with Gasteiger partial charge in [0.15, 0.2) is 0 Å². The standard InChI is InChI=1S/C6H14O2.C3H7NO2/c7-5-3-1-2-4-6-8;1-2(4)3(5)6/h7-8H,1-6H2;2H,4H2,1H3,(H,5,6)/t;2-/m.0/s1. The van der Waals surface area contributed by atoms with E-state index in [1.165, 1.54) is 6.92 Å². The zero-order valence-corrected chi connectivity index (χ0v) is 8.65. The van der Waals surface area contributed by atoms with E-state index in [4.69, 9.17) is 21.1 Å². The van der Waals surface area contributed by atoms with Crippen molar-refractivity contribution in [2.45, 2.75) is 38.6 Å². The molecule has 0 amide bonds. The van der Waals surface area contributed by atoms with Gasteiger partial charge in [0.05, 0.1) is 0 Å². The first-order chi connectivity index (χ1) is 6.56. The zero-order chi connectivity index (χ0) is 11.4. The highest BCUT2D eigenvalue weighted by Gasteiger charge is 1.99. The number of carboxylic acids is 1. The molecule has 0 saturated heterocycles. The quantitative estimate of drug-likeness (QED) is 0.457. The molecule has 0 radical (unpaired) electrons. The monoisotopic (exact) mass is 207 g/mol. The number of carbonyl (C=O) groups is 1. The van der Waals surface area contributed by atoms with Gasteiger partial charge >= 0.3 is 5.97 Å². The van der Waals surface area contributed by atoms with Crippen molar-refractivity contribution >= 4 is 5.97 Å². The molecule has 0 spiro atoms. The van der Waals surface area contributed by atoms with Crippen LogP contribution in [-0.2, 0) is 4.79 Å². The number of unbranched alkanes of at least 4 members (excludes halogenated alkanes) is 3. The number of hydrogen-bond acceptors (Lipinski definition) is 4. The largest absolute Gasteiger partial charge is 0.480 e. The highest BCUT2D eigenvalue weighted by Crippen LogP contribution is 1.96. The van der Waals surface area contributed by atoms with E-state index < -0.39 is 12.0 Å². The Labute approximate surface area is 84.5 Å². The Bertz CT molecular complexity index is 122. The van der Waals surface area contributed by atoms with Crippen LogP contribution < -0.4 is 5.73 Å². The molecule has 0 aromatic rings. The van der Waals surface area contributed by atoms with Gasteiger partial charge in [0.1, 0.15) is 6.04 Å². The topological polar surface area (TPSA) is 104 Å². The molecule has 0 saturated carbocycles. The van der Waals surface area contributed by atoms with Crippen LogP contribution in [0.1, 0.15) is 32.6 Å². The summed E-state index contributed by atoms with van der Waals surface area (Å²) in [6.07, 6.45) is 3.83. The van der Waals surface area contributed by atoms with Gasteiger partial charge < -0.3 is 21.1 Å². The van der Waals surface area contributed by atoms with Crippen LogP contribution in [0.25, 0.3) is 0 Å². The molecule has 5 heteroatoms. The van der Waals surface area contributed by atoms with Crippen molar-refractivity contribution in [2.75, 3.05) is 13.2 Å². The number of aliphatic hydroxyl groups excluding tert-OH is 2. The zero-order valence-electron chi connectivity index (χ0n) is 8.65. The summed E-state index contributed by atoms with van der Waals surface area (Å²) in [4.78, 5) is 9.57. The first kappa shape index (κ1) is 15.8. The third kappa shape index (κ3) is 17.4. The normalized spacial score (nSPS) is 11.4. The van der Waals surface area contributed by atoms with Crippen molar-refractivity contribution in [1.82, 2.24) is 0 Å². The first-order valence-corrected chi connectivity index (χ1v) is 4.76. The van der Waals surface area contributed by atoms with Gasteiger partial charge in [0, 0.05) is 13.2 Å². The van der Waals surface area contributed by atoms with Crippen molar-refractivity contribution in [3.05, 3.63) is 0 Å². The third-order valence-corrected chi connectivity index (χ3v) is 1.46. The lowest BCUT2D eigenvalue weighted by Crippen LogP contribution is -2.25. The highest BCUT2D eigenvalue weighted by molar-refractivity contribution is 5.72. The Morgan fingerprint density at radius 2 is 1.43 bits per heavy atom. The summed E-state index contributed by atoms with van der Waals surface area (Å²) in [7, 11) is 0. The molecular formula is C9H21NO4. The minimum atomic E-state index is -0.963.